The third-order valence-corrected chi connectivity index (χ3v) is 4.58. The van der Waals surface area contributed by atoms with Gasteiger partial charge in [-0.3, -0.25) is 9.59 Å². The minimum atomic E-state index is -1.11. The van der Waals surface area contributed by atoms with Crippen LogP contribution >= 0.6 is 31.9 Å². The molecule has 2 atom stereocenters. The SMILES string of the molecule is O=C1CCC[C@H]([C@H](NC(=O)c2cc(Br)cc(Br)c2)C(=O)O)C1. The van der Waals surface area contributed by atoms with Crippen molar-refractivity contribution in [2.45, 2.75) is 31.7 Å². The number of nitrogens with one attached hydrogen (secondary N) is 1. The number of carbonyl (C=O) groups excluding carboxylic acids is 2. The predicted molar refractivity (Wildman–Crippen MR) is 87.7 cm³/mol. The number of hydrogen-bond acceptors (Lipinski definition) is 3. The van der Waals surface area contributed by atoms with E-state index in [2.05, 4.69) is 37.2 Å². The van der Waals surface area contributed by atoms with Crippen molar-refractivity contribution in [1.82, 2.24) is 5.32 Å². The van der Waals surface area contributed by atoms with Crippen LogP contribution in [0.5, 0.6) is 0 Å². The minimum Gasteiger partial charge on any atom is -0.480 e. The monoisotopic (exact) mass is 431 g/mol. The van der Waals surface area contributed by atoms with Gasteiger partial charge in [-0.2, -0.15) is 0 Å². The fourth-order valence-electron chi connectivity index (χ4n) is 2.63. The molecule has 1 amide bonds. The molecular weight excluding hydrogens is 418 g/mol. The Morgan fingerprint density at radius 1 is 1.23 bits per heavy atom. The quantitative estimate of drug-likeness (QED) is 0.765. The predicted octanol–water partition coefficient (Wildman–Crippen LogP) is 3.15. The van der Waals surface area contributed by atoms with E-state index in [1.54, 1.807) is 18.2 Å². The number of ketones is 1. The average Bonchev–Trinajstić information content (AvgIpc) is 2.43. The van der Waals surface area contributed by atoms with E-state index in [-0.39, 0.29) is 18.1 Å². The van der Waals surface area contributed by atoms with Crippen LogP contribution in [0.3, 0.4) is 0 Å². The second-order valence-corrected chi connectivity index (χ2v) is 7.17. The number of halogens is 2. The van der Waals surface area contributed by atoms with Gasteiger partial charge < -0.3 is 10.4 Å². The zero-order valence-electron chi connectivity index (χ0n) is 11.6. The standard InChI is InChI=1S/C15H15Br2NO4/c16-10-4-9(5-11(17)7-10)14(20)18-13(15(21)22)8-2-1-3-12(19)6-8/h4-5,7-8,13H,1-3,6H2,(H,18,20)(H,21,22)/t8-,13-/m0/s1. The molecule has 0 heterocycles. The van der Waals surface area contributed by atoms with Gasteiger partial charge in [0.2, 0.25) is 0 Å². The molecule has 2 N–H and O–H groups in total. The molecule has 22 heavy (non-hydrogen) atoms. The van der Waals surface area contributed by atoms with Gasteiger partial charge >= 0.3 is 5.97 Å². The second-order valence-electron chi connectivity index (χ2n) is 5.34. The number of hydrogen-bond donors (Lipinski definition) is 2. The molecule has 0 aliphatic heterocycles. The molecule has 2 rings (SSSR count). The van der Waals surface area contributed by atoms with Crippen molar-refractivity contribution < 1.29 is 19.5 Å². The van der Waals surface area contributed by atoms with Gasteiger partial charge in [0.25, 0.3) is 5.91 Å². The lowest BCUT2D eigenvalue weighted by Gasteiger charge is -2.27. The first-order valence-corrected chi connectivity index (χ1v) is 8.47. The van der Waals surface area contributed by atoms with Gasteiger partial charge in [-0.25, -0.2) is 4.79 Å². The summed E-state index contributed by atoms with van der Waals surface area (Å²) >= 11 is 6.58. The van der Waals surface area contributed by atoms with Gasteiger partial charge in [-0.05, 0) is 37.0 Å². The van der Waals surface area contributed by atoms with Crippen LogP contribution in [-0.4, -0.2) is 28.8 Å². The maximum absolute atomic E-state index is 12.3. The summed E-state index contributed by atoms with van der Waals surface area (Å²) in [6.45, 7) is 0. The summed E-state index contributed by atoms with van der Waals surface area (Å²) in [5.74, 6) is -1.87. The fourth-order valence-corrected chi connectivity index (χ4v) is 3.93. The Kier molecular flexibility index (Phi) is 5.74. The van der Waals surface area contributed by atoms with Gasteiger partial charge in [0.1, 0.15) is 11.8 Å². The van der Waals surface area contributed by atoms with Crippen molar-refractivity contribution in [3.05, 3.63) is 32.7 Å². The van der Waals surface area contributed by atoms with E-state index in [0.717, 1.165) is 0 Å². The fraction of sp³-hybridized carbons (Fsp3) is 0.400. The van der Waals surface area contributed by atoms with E-state index in [1.165, 1.54) is 0 Å². The van der Waals surface area contributed by atoms with Crippen LogP contribution in [-0.2, 0) is 9.59 Å². The van der Waals surface area contributed by atoms with Crippen LogP contribution in [0.1, 0.15) is 36.0 Å². The first-order valence-electron chi connectivity index (χ1n) is 6.88. The van der Waals surface area contributed by atoms with E-state index in [1.807, 2.05) is 0 Å². The Morgan fingerprint density at radius 2 is 1.86 bits per heavy atom. The Balaban J connectivity index is 2.15. The molecule has 0 aromatic heterocycles. The Bertz CT molecular complexity index is 597. The maximum atomic E-state index is 12.3. The van der Waals surface area contributed by atoms with Crippen molar-refractivity contribution in [1.29, 1.82) is 0 Å². The number of amides is 1. The highest BCUT2D eigenvalue weighted by atomic mass is 79.9. The summed E-state index contributed by atoms with van der Waals surface area (Å²) in [4.78, 5) is 35.3. The molecule has 0 saturated heterocycles. The molecule has 5 nitrogen and oxygen atoms in total. The Morgan fingerprint density at radius 3 is 2.41 bits per heavy atom. The molecule has 0 unspecified atom stereocenters. The summed E-state index contributed by atoms with van der Waals surface area (Å²) in [6, 6.07) is 3.97. The van der Waals surface area contributed by atoms with Gasteiger partial charge in [0.15, 0.2) is 0 Å². The molecule has 0 radical (unpaired) electrons. The van der Waals surface area contributed by atoms with Crippen LogP contribution in [0, 0.1) is 5.92 Å². The molecule has 1 saturated carbocycles. The van der Waals surface area contributed by atoms with Crippen molar-refractivity contribution in [3.63, 3.8) is 0 Å². The van der Waals surface area contributed by atoms with E-state index in [4.69, 9.17) is 0 Å². The molecule has 1 aromatic carbocycles. The molecule has 1 fully saturated rings. The highest BCUT2D eigenvalue weighted by Crippen LogP contribution is 2.25. The van der Waals surface area contributed by atoms with E-state index in [9.17, 15) is 19.5 Å². The lowest BCUT2D eigenvalue weighted by Crippen LogP contribution is -2.47. The topological polar surface area (TPSA) is 83.5 Å². The third-order valence-electron chi connectivity index (χ3n) is 3.67. The molecular formula is C15H15Br2NO4. The van der Waals surface area contributed by atoms with E-state index < -0.39 is 17.9 Å². The largest absolute Gasteiger partial charge is 0.480 e. The number of benzene rings is 1. The van der Waals surface area contributed by atoms with Gasteiger partial charge in [-0.15, -0.1) is 0 Å². The zero-order chi connectivity index (χ0) is 16.3. The van der Waals surface area contributed by atoms with Gasteiger partial charge in [0.05, 0.1) is 0 Å². The molecule has 118 valence electrons. The molecule has 1 aliphatic carbocycles. The normalized spacial score (nSPS) is 19.5. The highest BCUT2D eigenvalue weighted by molar-refractivity contribution is 9.11. The molecule has 0 bridgehead atoms. The van der Waals surface area contributed by atoms with Crippen molar-refractivity contribution in [2.75, 3.05) is 0 Å². The first kappa shape index (κ1) is 17.1. The first-order chi connectivity index (χ1) is 10.4. The highest BCUT2D eigenvalue weighted by Gasteiger charge is 2.33. The molecule has 0 spiro atoms. The summed E-state index contributed by atoms with van der Waals surface area (Å²) in [5, 5.41) is 11.9. The van der Waals surface area contributed by atoms with Crippen molar-refractivity contribution >= 4 is 49.5 Å². The lowest BCUT2D eigenvalue weighted by molar-refractivity contribution is -0.141. The number of aliphatic carboxylic acids is 1. The molecule has 1 aliphatic rings. The van der Waals surface area contributed by atoms with Crippen LogP contribution < -0.4 is 5.32 Å². The summed E-state index contributed by atoms with van der Waals surface area (Å²) in [7, 11) is 0. The van der Waals surface area contributed by atoms with Crippen molar-refractivity contribution in [2.24, 2.45) is 5.92 Å². The summed E-state index contributed by atoms with van der Waals surface area (Å²) < 4.78 is 1.43. The summed E-state index contributed by atoms with van der Waals surface area (Å²) in [5.41, 5.74) is 0.356. The number of carboxylic acid groups (broad SMARTS) is 1. The van der Waals surface area contributed by atoms with E-state index in [0.29, 0.717) is 33.8 Å². The number of Topliss-reactive ketones (excluding diaryl/α,β-unsaturated/α-hetero) is 1. The Labute approximate surface area is 144 Å². The average molecular weight is 433 g/mol. The van der Waals surface area contributed by atoms with Crippen LogP contribution in [0.2, 0.25) is 0 Å². The third kappa shape index (κ3) is 4.39. The lowest BCUT2D eigenvalue weighted by atomic mass is 9.83. The van der Waals surface area contributed by atoms with Crippen LogP contribution in [0.4, 0.5) is 0 Å². The number of rotatable bonds is 4. The van der Waals surface area contributed by atoms with Gasteiger partial charge in [0, 0.05) is 27.4 Å². The van der Waals surface area contributed by atoms with Crippen molar-refractivity contribution in [3.8, 4) is 0 Å². The molecule has 1 aromatic rings. The second kappa shape index (κ2) is 7.37. The number of carbonyl (C=O) groups is 3. The van der Waals surface area contributed by atoms with Gasteiger partial charge in [-0.1, -0.05) is 31.9 Å². The van der Waals surface area contributed by atoms with E-state index >= 15 is 0 Å². The maximum Gasteiger partial charge on any atom is 0.326 e. The zero-order valence-corrected chi connectivity index (χ0v) is 14.8. The Hall–Kier alpha value is -1.21. The summed E-state index contributed by atoms with van der Waals surface area (Å²) in [6.07, 6.45) is 2.01. The smallest absolute Gasteiger partial charge is 0.326 e. The number of carboxylic acids is 1. The molecule has 7 heteroatoms. The van der Waals surface area contributed by atoms with Crippen LogP contribution in [0.15, 0.2) is 27.1 Å². The minimum absolute atomic E-state index is 0.0574. The van der Waals surface area contributed by atoms with Crippen LogP contribution in [0.25, 0.3) is 0 Å².